The van der Waals surface area contributed by atoms with Gasteiger partial charge in [-0.25, -0.2) is 0 Å². The van der Waals surface area contributed by atoms with Crippen molar-refractivity contribution >= 4 is 29.9 Å². The van der Waals surface area contributed by atoms with Gasteiger partial charge in [-0.2, -0.15) is 0 Å². The predicted octanol–water partition coefficient (Wildman–Crippen LogP) is 3.59. The van der Waals surface area contributed by atoms with Crippen LogP contribution in [0.15, 0.2) is 29.3 Å². The number of rotatable bonds is 3. The highest BCUT2D eigenvalue weighted by Crippen LogP contribution is 2.34. The number of halogens is 1. The van der Waals surface area contributed by atoms with E-state index in [0.717, 1.165) is 18.9 Å². The van der Waals surface area contributed by atoms with Crippen LogP contribution in [0.1, 0.15) is 51.2 Å². The van der Waals surface area contributed by atoms with Gasteiger partial charge in [0.1, 0.15) is 0 Å². The van der Waals surface area contributed by atoms with Crippen LogP contribution in [-0.4, -0.2) is 31.3 Å². The first-order valence-electron chi connectivity index (χ1n) is 8.68. The van der Waals surface area contributed by atoms with Crippen molar-refractivity contribution in [1.29, 1.82) is 0 Å². The standard InChI is InChI=1S/C19H29N3O.HI/c1-19(2,3)14-7-5-13(6-8-14)12-21-18(20-4)22-16-11-15-9-10-17(16)23-15;/h5-8,15-17H,9-12H2,1-4H3,(H2,20,21,22);1H. The number of fused-ring (bicyclic) bond motifs is 2. The minimum Gasteiger partial charge on any atom is -0.373 e. The number of aliphatic imine (C=N–C) groups is 1. The molecule has 1 aromatic carbocycles. The first-order chi connectivity index (χ1) is 11.0. The lowest BCUT2D eigenvalue weighted by Crippen LogP contribution is -2.47. The van der Waals surface area contributed by atoms with Crippen molar-refractivity contribution in [2.75, 3.05) is 7.05 Å². The van der Waals surface area contributed by atoms with Crippen molar-refractivity contribution in [1.82, 2.24) is 10.6 Å². The van der Waals surface area contributed by atoms with Gasteiger partial charge < -0.3 is 15.4 Å². The van der Waals surface area contributed by atoms with Crippen LogP contribution in [0.3, 0.4) is 0 Å². The van der Waals surface area contributed by atoms with Crippen molar-refractivity contribution in [2.24, 2.45) is 4.99 Å². The minimum atomic E-state index is 0. The first-order valence-corrected chi connectivity index (χ1v) is 8.68. The molecule has 24 heavy (non-hydrogen) atoms. The molecule has 2 fully saturated rings. The Morgan fingerprint density at radius 2 is 1.92 bits per heavy atom. The number of nitrogens with zero attached hydrogens (tertiary/aromatic N) is 1. The molecular weight excluding hydrogens is 413 g/mol. The number of ether oxygens (including phenoxy) is 1. The second-order valence-corrected chi connectivity index (χ2v) is 7.73. The van der Waals surface area contributed by atoms with Crippen LogP contribution in [0.4, 0.5) is 0 Å². The summed E-state index contributed by atoms with van der Waals surface area (Å²) in [6.45, 7) is 7.50. The average Bonchev–Trinajstić information content (AvgIpc) is 3.13. The molecular formula is C19H30IN3O. The van der Waals surface area contributed by atoms with Crippen molar-refractivity contribution < 1.29 is 4.74 Å². The summed E-state index contributed by atoms with van der Waals surface area (Å²) in [6.07, 6.45) is 4.32. The van der Waals surface area contributed by atoms with Gasteiger partial charge in [-0.1, -0.05) is 45.0 Å². The van der Waals surface area contributed by atoms with Crippen LogP contribution in [0, 0.1) is 0 Å². The number of guanidine groups is 1. The molecule has 3 unspecified atom stereocenters. The van der Waals surface area contributed by atoms with Gasteiger partial charge in [0.15, 0.2) is 5.96 Å². The molecule has 134 valence electrons. The fraction of sp³-hybridized carbons (Fsp3) is 0.632. The summed E-state index contributed by atoms with van der Waals surface area (Å²) in [5, 5.41) is 6.93. The van der Waals surface area contributed by atoms with E-state index in [1.54, 1.807) is 0 Å². The Balaban J connectivity index is 0.00000208. The average molecular weight is 443 g/mol. The molecule has 2 aliphatic rings. The summed E-state index contributed by atoms with van der Waals surface area (Å²) in [4.78, 5) is 4.35. The highest BCUT2D eigenvalue weighted by Gasteiger charge is 2.41. The molecule has 0 radical (unpaired) electrons. The van der Waals surface area contributed by atoms with Gasteiger partial charge in [0.05, 0.1) is 18.2 Å². The highest BCUT2D eigenvalue weighted by molar-refractivity contribution is 14.0. The number of benzene rings is 1. The van der Waals surface area contributed by atoms with Crippen LogP contribution < -0.4 is 10.6 Å². The Kier molecular flexibility index (Phi) is 6.53. The lowest BCUT2D eigenvalue weighted by Gasteiger charge is -2.23. The number of hydrogen-bond donors (Lipinski definition) is 2. The maximum Gasteiger partial charge on any atom is 0.191 e. The summed E-state index contributed by atoms with van der Waals surface area (Å²) in [6, 6.07) is 9.24. The van der Waals surface area contributed by atoms with E-state index in [1.165, 1.54) is 24.0 Å². The van der Waals surface area contributed by atoms with E-state index in [0.29, 0.717) is 18.2 Å². The molecule has 0 aromatic heterocycles. The molecule has 2 bridgehead atoms. The molecule has 2 N–H and O–H groups in total. The third kappa shape index (κ3) is 4.63. The van der Waals surface area contributed by atoms with Crippen LogP contribution in [0.5, 0.6) is 0 Å². The van der Waals surface area contributed by atoms with Crippen molar-refractivity contribution in [3.05, 3.63) is 35.4 Å². The van der Waals surface area contributed by atoms with Crippen LogP contribution in [0.2, 0.25) is 0 Å². The minimum absolute atomic E-state index is 0. The zero-order chi connectivity index (χ0) is 16.4. The Bertz CT molecular complexity index is 565. The van der Waals surface area contributed by atoms with Crippen molar-refractivity contribution in [3.8, 4) is 0 Å². The number of hydrogen-bond acceptors (Lipinski definition) is 2. The van der Waals surface area contributed by atoms with E-state index in [1.807, 2.05) is 7.05 Å². The summed E-state index contributed by atoms with van der Waals surface area (Å²) in [5.74, 6) is 0.867. The van der Waals surface area contributed by atoms with E-state index >= 15 is 0 Å². The van der Waals surface area contributed by atoms with Crippen LogP contribution in [-0.2, 0) is 16.7 Å². The van der Waals surface area contributed by atoms with E-state index in [-0.39, 0.29) is 29.4 Å². The first kappa shape index (κ1) is 19.5. The fourth-order valence-electron chi connectivity index (χ4n) is 3.47. The molecule has 0 aliphatic carbocycles. The quantitative estimate of drug-likeness (QED) is 0.427. The third-order valence-corrected chi connectivity index (χ3v) is 4.93. The summed E-state index contributed by atoms with van der Waals surface area (Å²) in [7, 11) is 1.83. The highest BCUT2D eigenvalue weighted by atomic mass is 127. The van der Waals surface area contributed by atoms with Gasteiger partial charge in [0.25, 0.3) is 0 Å². The van der Waals surface area contributed by atoms with E-state index in [4.69, 9.17) is 4.74 Å². The summed E-state index contributed by atoms with van der Waals surface area (Å²) < 4.78 is 5.89. The van der Waals surface area contributed by atoms with Gasteiger partial charge >= 0.3 is 0 Å². The Labute approximate surface area is 162 Å². The van der Waals surface area contributed by atoms with Crippen LogP contribution in [0.25, 0.3) is 0 Å². The van der Waals surface area contributed by atoms with E-state index < -0.39 is 0 Å². The Morgan fingerprint density at radius 1 is 1.21 bits per heavy atom. The molecule has 2 aliphatic heterocycles. The van der Waals surface area contributed by atoms with Gasteiger partial charge in [-0.15, -0.1) is 24.0 Å². The van der Waals surface area contributed by atoms with Gasteiger partial charge in [-0.05, 0) is 35.8 Å². The SMILES string of the molecule is CN=C(NCc1ccc(C(C)(C)C)cc1)NC1CC2CCC1O2.I. The molecule has 2 heterocycles. The van der Waals surface area contributed by atoms with Gasteiger partial charge in [0.2, 0.25) is 0 Å². The zero-order valence-electron chi connectivity index (χ0n) is 15.1. The Morgan fingerprint density at radius 3 is 2.42 bits per heavy atom. The Hall–Kier alpha value is -0.820. The van der Waals surface area contributed by atoms with Gasteiger partial charge in [0, 0.05) is 13.6 Å². The predicted molar refractivity (Wildman–Crippen MR) is 110 cm³/mol. The maximum atomic E-state index is 5.89. The third-order valence-electron chi connectivity index (χ3n) is 4.93. The molecule has 2 saturated heterocycles. The monoisotopic (exact) mass is 443 g/mol. The lowest BCUT2D eigenvalue weighted by molar-refractivity contribution is 0.0992. The zero-order valence-corrected chi connectivity index (χ0v) is 17.5. The van der Waals surface area contributed by atoms with E-state index in [9.17, 15) is 0 Å². The summed E-state index contributed by atoms with van der Waals surface area (Å²) >= 11 is 0. The summed E-state index contributed by atoms with van der Waals surface area (Å²) in [5.41, 5.74) is 2.83. The second kappa shape index (κ2) is 8.04. The molecule has 5 heteroatoms. The smallest absolute Gasteiger partial charge is 0.191 e. The second-order valence-electron chi connectivity index (χ2n) is 7.73. The van der Waals surface area contributed by atoms with Crippen molar-refractivity contribution in [3.63, 3.8) is 0 Å². The maximum absolute atomic E-state index is 5.89. The van der Waals surface area contributed by atoms with Crippen molar-refractivity contribution in [2.45, 2.75) is 70.2 Å². The van der Waals surface area contributed by atoms with Gasteiger partial charge in [-0.3, -0.25) is 4.99 Å². The molecule has 4 nitrogen and oxygen atoms in total. The lowest BCUT2D eigenvalue weighted by atomic mass is 9.87. The topological polar surface area (TPSA) is 45.7 Å². The molecule has 3 atom stereocenters. The van der Waals surface area contributed by atoms with Crippen LogP contribution >= 0.6 is 24.0 Å². The molecule has 3 rings (SSSR count). The molecule has 0 amide bonds. The number of nitrogens with one attached hydrogen (secondary N) is 2. The molecule has 1 aromatic rings. The molecule has 0 saturated carbocycles. The normalized spacial score (nSPS) is 26.2. The molecule has 0 spiro atoms. The van der Waals surface area contributed by atoms with E-state index in [2.05, 4.69) is 60.7 Å². The largest absolute Gasteiger partial charge is 0.373 e. The fourth-order valence-corrected chi connectivity index (χ4v) is 3.47.